The lowest BCUT2D eigenvalue weighted by atomic mass is 10.00. The molecule has 0 spiro atoms. The zero-order valence-corrected chi connectivity index (χ0v) is 29.4. The van der Waals surface area contributed by atoms with Crippen LogP contribution in [-0.4, -0.2) is 79.6 Å². The number of carbonyl (C=O) groups excluding carboxylic acids is 4. The first-order valence-corrected chi connectivity index (χ1v) is 17.8. The van der Waals surface area contributed by atoms with E-state index in [-0.39, 0.29) is 31.4 Å². The predicted molar refractivity (Wildman–Crippen MR) is 193 cm³/mol. The van der Waals surface area contributed by atoms with E-state index in [4.69, 9.17) is 9.47 Å². The number of hydrogen-bond donors (Lipinski definition) is 3. The van der Waals surface area contributed by atoms with Gasteiger partial charge in [-0.1, -0.05) is 105 Å². The summed E-state index contributed by atoms with van der Waals surface area (Å²) in [6.07, 6.45) is 3.07. The third-order valence-electron chi connectivity index (χ3n) is 8.70. The molecule has 10 nitrogen and oxygen atoms in total. The molecule has 1 fully saturated rings. The summed E-state index contributed by atoms with van der Waals surface area (Å²) in [7, 11) is 0. The minimum atomic E-state index is -0.970. The fraction of sp³-hybridized carbons (Fsp3) is 0.450. The molecule has 0 aliphatic carbocycles. The number of nitrogens with one attached hydrogen (secondary N) is 3. The van der Waals surface area contributed by atoms with Crippen molar-refractivity contribution >= 4 is 23.7 Å². The van der Waals surface area contributed by atoms with Crippen LogP contribution in [0.2, 0.25) is 0 Å². The van der Waals surface area contributed by atoms with E-state index in [2.05, 4.69) is 16.0 Å². The lowest BCUT2D eigenvalue weighted by Crippen LogP contribution is -2.57. The molecule has 3 amide bonds. The summed E-state index contributed by atoms with van der Waals surface area (Å²) in [6, 6.07) is 26.0. The van der Waals surface area contributed by atoms with Gasteiger partial charge in [0.2, 0.25) is 17.7 Å². The molecule has 1 aliphatic rings. The minimum Gasteiger partial charge on any atom is -0.459 e. The van der Waals surface area contributed by atoms with Crippen LogP contribution in [0.4, 0.5) is 0 Å². The van der Waals surface area contributed by atoms with Crippen LogP contribution < -0.4 is 16.0 Å². The van der Waals surface area contributed by atoms with E-state index < -0.39 is 35.9 Å². The van der Waals surface area contributed by atoms with Crippen molar-refractivity contribution in [2.75, 3.05) is 32.8 Å². The van der Waals surface area contributed by atoms with E-state index in [9.17, 15) is 19.2 Å². The predicted octanol–water partition coefficient (Wildman–Crippen LogP) is 4.22. The Labute approximate surface area is 296 Å². The first kappa shape index (κ1) is 38.3. The molecule has 1 saturated heterocycles. The molecule has 0 radical (unpaired) electrons. The van der Waals surface area contributed by atoms with Gasteiger partial charge in [-0.05, 0) is 54.7 Å². The molecule has 10 heteroatoms. The van der Waals surface area contributed by atoms with Gasteiger partial charge in [-0.25, -0.2) is 4.79 Å². The Balaban J connectivity index is 1.47. The van der Waals surface area contributed by atoms with Gasteiger partial charge in [0.25, 0.3) is 0 Å². The number of aryl methyl sites for hydroxylation is 1. The van der Waals surface area contributed by atoms with Crippen LogP contribution in [0.15, 0.2) is 91.0 Å². The first-order chi connectivity index (χ1) is 24.3. The normalized spacial score (nSPS) is 15.0. The molecule has 1 aliphatic heterocycles. The van der Waals surface area contributed by atoms with Gasteiger partial charge in [0.1, 0.15) is 24.7 Å². The van der Waals surface area contributed by atoms with E-state index >= 15 is 0 Å². The molecule has 1 heterocycles. The molecule has 0 saturated carbocycles. The van der Waals surface area contributed by atoms with Crippen molar-refractivity contribution in [1.82, 2.24) is 20.9 Å². The number of esters is 1. The molecule has 3 atom stereocenters. The lowest BCUT2D eigenvalue weighted by Gasteiger charge is -2.28. The van der Waals surface area contributed by atoms with Crippen molar-refractivity contribution < 1.29 is 28.7 Å². The summed E-state index contributed by atoms with van der Waals surface area (Å²) in [5.74, 6) is -1.44. The number of morpholine rings is 1. The topological polar surface area (TPSA) is 126 Å². The monoisotopic (exact) mass is 684 g/mol. The fourth-order valence-corrected chi connectivity index (χ4v) is 5.81. The number of hydrogen-bond acceptors (Lipinski definition) is 7. The van der Waals surface area contributed by atoms with Crippen molar-refractivity contribution in [2.45, 2.75) is 77.1 Å². The van der Waals surface area contributed by atoms with Crippen molar-refractivity contribution in [1.29, 1.82) is 0 Å². The summed E-state index contributed by atoms with van der Waals surface area (Å²) in [6.45, 7) is 6.75. The summed E-state index contributed by atoms with van der Waals surface area (Å²) in [4.78, 5) is 56.4. The Kier molecular flexibility index (Phi) is 16.0. The number of benzene rings is 3. The SMILES string of the molecule is CC(C)CC[C@H](NC(=O)[C@@H](CCCc1ccccc1)NC(=O)CN1CCOCC1)C(=O)N[C@@H](Cc1ccccc1)C(=O)OCc1ccccc1. The Morgan fingerprint density at radius 2 is 1.22 bits per heavy atom. The van der Waals surface area contributed by atoms with Crippen LogP contribution in [0.25, 0.3) is 0 Å². The molecule has 3 N–H and O–H groups in total. The minimum absolute atomic E-state index is 0.0726. The average Bonchev–Trinajstić information content (AvgIpc) is 3.13. The smallest absolute Gasteiger partial charge is 0.329 e. The summed E-state index contributed by atoms with van der Waals surface area (Å²) >= 11 is 0. The summed E-state index contributed by atoms with van der Waals surface area (Å²) < 4.78 is 11.1. The molecule has 0 unspecified atom stereocenters. The Morgan fingerprint density at radius 1 is 0.680 bits per heavy atom. The molecule has 3 aromatic rings. The van der Waals surface area contributed by atoms with Crippen molar-refractivity contribution in [3.63, 3.8) is 0 Å². The van der Waals surface area contributed by atoms with Crippen molar-refractivity contribution in [3.8, 4) is 0 Å². The zero-order valence-electron chi connectivity index (χ0n) is 29.4. The molecule has 268 valence electrons. The number of nitrogens with zero attached hydrogens (tertiary/aromatic N) is 1. The highest BCUT2D eigenvalue weighted by atomic mass is 16.5. The quantitative estimate of drug-likeness (QED) is 0.162. The fourth-order valence-electron chi connectivity index (χ4n) is 5.81. The van der Waals surface area contributed by atoms with Crippen molar-refractivity contribution in [3.05, 3.63) is 108 Å². The second kappa shape index (κ2) is 20.9. The van der Waals surface area contributed by atoms with Crippen LogP contribution in [0.5, 0.6) is 0 Å². The van der Waals surface area contributed by atoms with Crippen LogP contribution in [-0.2, 0) is 48.1 Å². The Hall–Kier alpha value is -4.54. The second-order valence-corrected chi connectivity index (χ2v) is 13.3. The third-order valence-corrected chi connectivity index (χ3v) is 8.70. The van der Waals surface area contributed by atoms with Crippen LogP contribution >= 0.6 is 0 Å². The number of rotatable bonds is 19. The average molecular weight is 685 g/mol. The van der Waals surface area contributed by atoms with E-state index in [0.717, 1.165) is 23.1 Å². The van der Waals surface area contributed by atoms with Gasteiger partial charge in [-0.15, -0.1) is 0 Å². The molecule has 0 aromatic heterocycles. The van der Waals surface area contributed by atoms with E-state index in [1.54, 1.807) is 0 Å². The highest BCUT2D eigenvalue weighted by Crippen LogP contribution is 2.13. The zero-order chi connectivity index (χ0) is 35.6. The maximum atomic E-state index is 13.9. The summed E-state index contributed by atoms with van der Waals surface area (Å²) in [5, 5.41) is 8.78. The highest BCUT2D eigenvalue weighted by molar-refractivity contribution is 5.93. The molecule has 4 rings (SSSR count). The summed E-state index contributed by atoms with van der Waals surface area (Å²) in [5.41, 5.74) is 2.84. The van der Waals surface area contributed by atoms with Gasteiger partial charge >= 0.3 is 5.97 Å². The number of amides is 3. The molecular formula is C40H52N4O6. The first-order valence-electron chi connectivity index (χ1n) is 17.8. The van der Waals surface area contributed by atoms with Gasteiger partial charge in [0.15, 0.2) is 0 Å². The Morgan fingerprint density at radius 3 is 1.82 bits per heavy atom. The maximum absolute atomic E-state index is 13.9. The molecule has 50 heavy (non-hydrogen) atoms. The second-order valence-electron chi connectivity index (χ2n) is 13.3. The van der Waals surface area contributed by atoms with E-state index in [1.807, 2.05) is 110 Å². The van der Waals surface area contributed by atoms with E-state index in [0.29, 0.717) is 52.0 Å². The van der Waals surface area contributed by atoms with Crippen LogP contribution in [0.1, 0.15) is 56.2 Å². The van der Waals surface area contributed by atoms with Crippen LogP contribution in [0, 0.1) is 5.92 Å². The standard InChI is InChI=1S/C40H52N4O6/c1-30(2)21-22-35(39(47)43-36(27-32-15-8-4-9-16-32)40(48)50-29-33-17-10-5-11-18-33)42-38(46)34(20-12-19-31-13-6-3-7-14-31)41-37(45)28-44-23-25-49-26-24-44/h3-11,13-18,30,34-36H,12,19-29H2,1-2H3,(H,41,45)(H,42,46)(H,43,47)/t34-,35+,36+/m1/s1. The van der Waals surface area contributed by atoms with Gasteiger partial charge in [-0.2, -0.15) is 0 Å². The highest BCUT2D eigenvalue weighted by Gasteiger charge is 2.31. The molecule has 0 bridgehead atoms. The van der Waals surface area contributed by atoms with E-state index in [1.165, 1.54) is 0 Å². The largest absolute Gasteiger partial charge is 0.459 e. The number of carbonyl (C=O) groups is 4. The van der Waals surface area contributed by atoms with Crippen LogP contribution in [0.3, 0.4) is 0 Å². The third kappa shape index (κ3) is 13.8. The van der Waals surface area contributed by atoms with Gasteiger partial charge < -0.3 is 25.4 Å². The maximum Gasteiger partial charge on any atom is 0.329 e. The Bertz CT molecular complexity index is 1460. The molecule has 3 aromatic carbocycles. The number of ether oxygens (including phenoxy) is 2. The van der Waals surface area contributed by atoms with Gasteiger partial charge in [0, 0.05) is 19.5 Å². The molecular weight excluding hydrogens is 632 g/mol. The van der Waals surface area contributed by atoms with Gasteiger partial charge in [-0.3, -0.25) is 19.3 Å². The lowest BCUT2D eigenvalue weighted by molar-refractivity contribution is -0.149. The van der Waals surface area contributed by atoms with Crippen molar-refractivity contribution in [2.24, 2.45) is 5.92 Å². The van der Waals surface area contributed by atoms with Gasteiger partial charge in [0.05, 0.1) is 19.8 Å².